The Labute approximate surface area is 95.4 Å². The molecule has 3 heteroatoms. The van der Waals surface area contributed by atoms with Crippen LogP contribution in [0.4, 0.5) is 4.39 Å². The Bertz CT molecular complexity index is 346. The monoisotopic (exact) mass is 224 g/mol. The summed E-state index contributed by atoms with van der Waals surface area (Å²) in [5, 5.41) is 0. The lowest BCUT2D eigenvalue weighted by atomic mass is 10.0. The smallest absolute Gasteiger partial charge is 0.126 e. The number of rotatable bonds is 3. The van der Waals surface area contributed by atoms with Crippen LogP contribution in [-0.4, -0.2) is 19.8 Å². The van der Waals surface area contributed by atoms with Crippen LogP contribution in [0.5, 0.6) is 5.75 Å². The topological polar surface area (TPSA) is 18.5 Å². The van der Waals surface area contributed by atoms with E-state index in [4.69, 9.17) is 9.47 Å². The van der Waals surface area contributed by atoms with E-state index in [0.717, 1.165) is 31.8 Å². The maximum atomic E-state index is 13.0. The summed E-state index contributed by atoms with van der Waals surface area (Å²) >= 11 is 0. The van der Waals surface area contributed by atoms with Gasteiger partial charge in [-0.3, -0.25) is 0 Å². The maximum Gasteiger partial charge on any atom is 0.126 e. The first-order chi connectivity index (χ1) is 7.75. The maximum absolute atomic E-state index is 13.0. The molecule has 2 rings (SSSR count). The second kappa shape index (κ2) is 5.30. The first-order valence-corrected chi connectivity index (χ1v) is 5.72. The van der Waals surface area contributed by atoms with Gasteiger partial charge in [0.1, 0.15) is 11.6 Å². The van der Waals surface area contributed by atoms with E-state index < -0.39 is 0 Å². The van der Waals surface area contributed by atoms with Crippen LogP contribution in [-0.2, 0) is 4.74 Å². The van der Waals surface area contributed by atoms with Crippen LogP contribution >= 0.6 is 0 Å². The lowest BCUT2D eigenvalue weighted by Gasteiger charge is -2.22. The summed E-state index contributed by atoms with van der Waals surface area (Å²) in [5.41, 5.74) is 0.629. The molecule has 0 unspecified atom stereocenters. The molecule has 1 aliphatic heterocycles. The van der Waals surface area contributed by atoms with Gasteiger partial charge >= 0.3 is 0 Å². The molecule has 1 heterocycles. The molecule has 0 N–H and O–H groups in total. The number of hydrogen-bond donors (Lipinski definition) is 0. The van der Waals surface area contributed by atoms with Gasteiger partial charge in [0.25, 0.3) is 0 Å². The van der Waals surface area contributed by atoms with Crippen LogP contribution in [0.15, 0.2) is 18.2 Å². The van der Waals surface area contributed by atoms with Crippen LogP contribution in [0.2, 0.25) is 0 Å². The van der Waals surface area contributed by atoms with E-state index in [1.807, 2.05) is 0 Å². The molecule has 2 nitrogen and oxygen atoms in total. The van der Waals surface area contributed by atoms with Crippen LogP contribution in [0.1, 0.15) is 18.4 Å². The normalized spacial score (nSPS) is 17.4. The Kier molecular flexibility index (Phi) is 3.78. The SMILES string of the molecule is Cc1cc(OCC2CCOCC2)ccc1F. The summed E-state index contributed by atoms with van der Waals surface area (Å²) in [7, 11) is 0. The number of halogens is 1. The predicted molar refractivity (Wildman–Crippen MR) is 60.2 cm³/mol. The van der Waals surface area contributed by atoms with Gasteiger partial charge < -0.3 is 9.47 Å². The molecule has 0 bridgehead atoms. The molecule has 1 aromatic rings. The summed E-state index contributed by atoms with van der Waals surface area (Å²) in [6, 6.07) is 4.88. The minimum Gasteiger partial charge on any atom is -0.493 e. The molecule has 1 aliphatic rings. The molecule has 16 heavy (non-hydrogen) atoms. The Hall–Kier alpha value is -1.09. The second-order valence-electron chi connectivity index (χ2n) is 4.28. The van der Waals surface area contributed by atoms with Gasteiger partial charge in [0.2, 0.25) is 0 Å². The summed E-state index contributed by atoms with van der Waals surface area (Å²) < 4.78 is 24.0. The predicted octanol–water partition coefficient (Wildman–Crippen LogP) is 2.94. The lowest BCUT2D eigenvalue weighted by Crippen LogP contribution is -2.21. The first-order valence-electron chi connectivity index (χ1n) is 5.72. The Morgan fingerprint density at radius 1 is 1.38 bits per heavy atom. The molecule has 1 aromatic carbocycles. The van der Waals surface area contributed by atoms with Gasteiger partial charge in [-0.25, -0.2) is 4.39 Å². The summed E-state index contributed by atoms with van der Waals surface area (Å²) in [5.74, 6) is 1.14. The lowest BCUT2D eigenvalue weighted by molar-refractivity contribution is 0.0497. The highest BCUT2D eigenvalue weighted by atomic mass is 19.1. The molecule has 0 atom stereocenters. The van der Waals surface area contributed by atoms with Crippen molar-refractivity contribution in [3.05, 3.63) is 29.6 Å². The number of ether oxygens (including phenoxy) is 2. The Morgan fingerprint density at radius 2 is 2.12 bits per heavy atom. The molecular weight excluding hydrogens is 207 g/mol. The molecule has 0 amide bonds. The minimum absolute atomic E-state index is 0.182. The number of hydrogen-bond acceptors (Lipinski definition) is 2. The van der Waals surface area contributed by atoms with Crippen LogP contribution in [0.25, 0.3) is 0 Å². The molecule has 1 saturated heterocycles. The molecule has 0 aliphatic carbocycles. The fraction of sp³-hybridized carbons (Fsp3) is 0.538. The van der Waals surface area contributed by atoms with Crippen LogP contribution in [0, 0.1) is 18.7 Å². The molecular formula is C13H17FO2. The van der Waals surface area contributed by atoms with Gasteiger partial charge in [-0.2, -0.15) is 0 Å². The van der Waals surface area contributed by atoms with E-state index in [2.05, 4.69) is 0 Å². The van der Waals surface area contributed by atoms with Crippen molar-refractivity contribution in [2.24, 2.45) is 5.92 Å². The molecule has 0 saturated carbocycles. The van der Waals surface area contributed by atoms with Gasteiger partial charge in [0, 0.05) is 13.2 Å². The van der Waals surface area contributed by atoms with Crippen molar-refractivity contribution < 1.29 is 13.9 Å². The van der Waals surface area contributed by atoms with E-state index in [0.29, 0.717) is 18.1 Å². The summed E-state index contributed by atoms with van der Waals surface area (Å²) in [4.78, 5) is 0. The Balaban J connectivity index is 1.86. The summed E-state index contributed by atoms with van der Waals surface area (Å²) in [6.45, 7) is 4.11. The average Bonchev–Trinajstić information content (AvgIpc) is 2.32. The highest BCUT2D eigenvalue weighted by Crippen LogP contribution is 2.19. The van der Waals surface area contributed by atoms with Gasteiger partial charge in [-0.15, -0.1) is 0 Å². The zero-order valence-corrected chi connectivity index (χ0v) is 9.54. The van der Waals surface area contributed by atoms with Crippen molar-refractivity contribution in [1.82, 2.24) is 0 Å². The minimum atomic E-state index is -0.182. The van der Waals surface area contributed by atoms with Crippen molar-refractivity contribution in [2.45, 2.75) is 19.8 Å². The third-order valence-electron chi connectivity index (χ3n) is 2.96. The quantitative estimate of drug-likeness (QED) is 0.786. The highest BCUT2D eigenvalue weighted by molar-refractivity contribution is 5.28. The van der Waals surface area contributed by atoms with Gasteiger partial charge in [0.15, 0.2) is 0 Å². The number of benzene rings is 1. The fourth-order valence-electron chi connectivity index (χ4n) is 1.83. The molecule has 1 fully saturated rings. The summed E-state index contributed by atoms with van der Waals surface area (Å²) in [6.07, 6.45) is 2.11. The third kappa shape index (κ3) is 2.95. The van der Waals surface area contributed by atoms with Crippen molar-refractivity contribution in [3.8, 4) is 5.75 Å². The number of aryl methyl sites for hydroxylation is 1. The zero-order chi connectivity index (χ0) is 11.4. The van der Waals surface area contributed by atoms with Crippen molar-refractivity contribution >= 4 is 0 Å². The van der Waals surface area contributed by atoms with Gasteiger partial charge in [-0.05, 0) is 49.4 Å². The van der Waals surface area contributed by atoms with E-state index in [-0.39, 0.29) is 5.82 Å². The van der Waals surface area contributed by atoms with Gasteiger partial charge in [0.05, 0.1) is 6.61 Å². The van der Waals surface area contributed by atoms with E-state index >= 15 is 0 Å². The molecule has 88 valence electrons. The highest BCUT2D eigenvalue weighted by Gasteiger charge is 2.14. The second-order valence-corrected chi connectivity index (χ2v) is 4.28. The standard InChI is InChI=1S/C13H17FO2/c1-10-8-12(2-3-13(10)14)16-9-11-4-6-15-7-5-11/h2-3,8,11H,4-7,9H2,1H3. The van der Waals surface area contributed by atoms with Crippen LogP contribution < -0.4 is 4.74 Å². The fourth-order valence-corrected chi connectivity index (χ4v) is 1.83. The largest absolute Gasteiger partial charge is 0.493 e. The van der Waals surface area contributed by atoms with Crippen molar-refractivity contribution in [1.29, 1.82) is 0 Å². The average molecular weight is 224 g/mol. The van der Waals surface area contributed by atoms with Crippen LogP contribution in [0.3, 0.4) is 0 Å². The Morgan fingerprint density at radius 3 is 2.81 bits per heavy atom. The van der Waals surface area contributed by atoms with Gasteiger partial charge in [-0.1, -0.05) is 0 Å². The van der Waals surface area contributed by atoms with E-state index in [9.17, 15) is 4.39 Å². The van der Waals surface area contributed by atoms with Crippen molar-refractivity contribution in [3.63, 3.8) is 0 Å². The molecule has 0 aromatic heterocycles. The van der Waals surface area contributed by atoms with E-state index in [1.165, 1.54) is 6.07 Å². The molecule has 0 radical (unpaired) electrons. The van der Waals surface area contributed by atoms with Crippen molar-refractivity contribution in [2.75, 3.05) is 19.8 Å². The zero-order valence-electron chi connectivity index (χ0n) is 9.54. The first kappa shape index (κ1) is 11.4. The molecule has 0 spiro atoms. The van der Waals surface area contributed by atoms with E-state index in [1.54, 1.807) is 19.1 Å². The third-order valence-corrected chi connectivity index (χ3v) is 2.96.